The van der Waals surface area contributed by atoms with Gasteiger partial charge in [-0.3, -0.25) is 4.68 Å². The van der Waals surface area contributed by atoms with Gasteiger partial charge in [-0.1, -0.05) is 53.5 Å². The van der Waals surface area contributed by atoms with Gasteiger partial charge in [0, 0.05) is 16.8 Å². The van der Waals surface area contributed by atoms with E-state index >= 15 is 0 Å². The Hall–Kier alpha value is -2.08. The SMILES string of the molecule is Cc1cc(NC(=S)Nc2ccc(Cl)cc2Cl)nn1Cc1ccccc1. The Morgan fingerprint density at radius 2 is 1.84 bits per heavy atom. The van der Waals surface area contributed by atoms with Gasteiger partial charge < -0.3 is 10.6 Å². The zero-order valence-corrected chi connectivity index (χ0v) is 15.8. The number of nitrogens with one attached hydrogen (secondary N) is 2. The molecular weight excluding hydrogens is 375 g/mol. The van der Waals surface area contributed by atoms with Crippen molar-refractivity contribution in [2.24, 2.45) is 0 Å². The second kappa shape index (κ2) is 7.87. The maximum absolute atomic E-state index is 6.14. The van der Waals surface area contributed by atoms with Gasteiger partial charge in [-0.25, -0.2) is 0 Å². The van der Waals surface area contributed by atoms with Crippen LogP contribution in [0, 0.1) is 6.92 Å². The minimum atomic E-state index is 0.411. The molecule has 0 spiro atoms. The first-order chi connectivity index (χ1) is 12.0. The highest BCUT2D eigenvalue weighted by molar-refractivity contribution is 7.80. The van der Waals surface area contributed by atoms with Crippen molar-refractivity contribution in [2.45, 2.75) is 13.5 Å². The fourth-order valence-electron chi connectivity index (χ4n) is 2.35. The lowest BCUT2D eigenvalue weighted by Gasteiger charge is -2.10. The van der Waals surface area contributed by atoms with Crippen molar-refractivity contribution in [3.63, 3.8) is 0 Å². The highest BCUT2D eigenvalue weighted by Crippen LogP contribution is 2.25. The second-order valence-corrected chi connectivity index (χ2v) is 6.77. The van der Waals surface area contributed by atoms with Crippen molar-refractivity contribution < 1.29 is 0 Å². The van der Waals surface area contributed by atoms with Crippen molar-refractivity contribution in [1.82, 2.24) is 9.78 Å². The van der Waals surface area contributed by atoms with E-state index in [1.807, 2.05) is 35.9 Å². The first-order valence-corrected chi connectivity index (χ1v) is 8.79. The molecule has 25 heavy (non-hydrogen) atoms. The number of rotatable bonds is 4. The molecule has 3 aromatic rings. The minimum Gasteiger partial charge on any atom is -0.331 e. The summed E-state index contributed by atoms with van der Waals surface area (Å²) in [6.07, 6.45) is 0. The number of hydrogen-bond donors (Lipinski definition) is 2. The standard InChI is InChI=1S/C18H16Cl2N4S/c1-12-9-17(23-24(12)11-13-5-3-2-4-6-13)22-18(25)21-16-8-7-14(19)10-15(16)20/h2-10H,11H2,1H3,(H2,21,22,23,25). The average Bonchev–Trinajstić information content (AvgIpc) is 2.90. The molecule has 0 atom stereocenters. The van der Waals surface area contributed by atoms with E-state index in [4.69, 9.17) is 35.4 Å². The van der Waals surface area contributed by atoms with Gasteiger partial charge >= 0.3 is 0 Å². The van der Waals surface area contributed by atoms with E-state index in [1.54, 1.807) is 18.2 Å². The van der Waals surface area contributed by atoms with Gasteiger partial charge in [0.2, 0.25) is 0 Å². The van der Waals surface area contributed by atoms with Crippen LogP contribution >= 0.6 is 35.4 Å². The first kappa shape index (κ1) is 17.7. The largest absolute Gasteiger partial charge is 0.331 e. The fourth-order valence-corrected chi connectivity index (χ4v) is 3.02. The molecule has 4 nitrogen and oxygen atoms in total. The Balaban J connectivity index is 1.66. The van der Waals surface area contributed by atoms with Crippen LogP contribution in [-0.4, -0.2) is 14.9 Å². The van der Waals surface area contributed by atoms with E-state index in [0.717, 1.165) is 5.69 Å². The van der Waals surface area contributed by atoms with Gasteiger partial charge in [-0.2, -0.15) is 5.10 Å². The smallest absolute Gasteiger partial charge is 0.176 e. The molecule has 7 heteroatoms. The van der Waals surface area contributed by atoms with E-state index in [9.17, 15) is 0 Å². The summed E-state index contributed by atoms with van der Waals surface area (Å²) in [4.78, 5) is 0. The molecule has 0 fully saturated rings. The molecule has 0 saturated carbocycles. The van der Waals surface area contributed by atoms with E-state index < -0.39 is 0 Å². The van der Waals surface area contributed by atoms with Crippen LogP contribution in [0.1, 0.15) is 11.3 Å². The highest BCUT2D eigenvalue weighted by Gasteiger charge is 2.08. The van der Waals surface area contributed by atoms with E-state index in [2.05, 4.69) is 27.9 Å². The van der Waals surface area contributed by atoms with Gasteiger partial charge in [0.05, 0.1) is 17.3 Å². The summed E-state index contributed by atoms with van der Waals surface area (Å²) in [5.74, 6) is 0.677. The maximum Gasteiger partial charge on any atom is 0.176 e. The lowest BCUT2D eigenvalue weighted by atomic mass is 10.2. The van der Waals surface area contributed by atoms with E-state index in [0.29, 0.717) is 33.2 Å². The fraction of sp³-hybridized carbons (Fsp3) is 0.111. The molecule has 0 unspecified atom stereocenters. The summed E-state index contributed by atoms with van der Waals surface area (Å²) in [5, 5.41) is 12.2. The third-order valence-electron chi connectivity index (χ3n) is 3.58. The van der Waals surface area contributed by atoms with Crippen molar-refractivity contribution in [2.75, 3.05) is 10.6 Å². The Morgan fingerprint density at radius 1 is 1.08 bits per heavy atom. The van der Waals surface area contributed by atoms with Gasteiger partial charge in [0.25, 0.3) is 0 Å². The molecular formula is C18H16Cl2N4S. The number of anilines is 2. The number of thiocarbonyl (C=S) groups is 1. The summed E-state index contributed by atoms with van der Waals surface area (Å²) >= 11 is 17.4. The third kappa shape index (κ3) is 4.72. The van der Waals surface area contributed by atoms with Gasteiger partial charge in [-0.15, -0.1) is 0 Å². The van der Waals surface area contributed by atoms with Crippen LogP contribution in [0.25, 0.3) is 0 Å². The monoisotopic (exact) mass is 390 g/mol. The summed E-state index contributed by atoms with van der Waals surface area (Å²) in [6, 6.07) is 17.3. The van der Waals surface area contributed by atoms with Crippen molar-refractivity contribution in [3.05, 3.63) is 75.9 Å². The molecule has 1 heterocycles. The number of aromatic nitrogens is 2. The molecule has 0 aliphatic rings. The molecule has 0 aliphatic heterocycles. The van der Waals surface area contributed by atoms with Crippen LogP contribution in [0.15, 0.2) is 54.6 Å². The normalized spacial score (nSPS) is 10.5. The zero-order chi connectivity index (χ0) is 17.8. The third-order valence-corrected chi connectivity index (χ3v) is 4.33. The molecule has 0 radical (unpaired) electrons. The number of nitrogens with zero attached hydrogens (tertiary/aromatic N) is 2. The number of aryl methyl sites for hydroxylation is 1. The van der Waals surface area contributed by atoms with Crippen LogP contribution in [0.2, 0.25) is 10.0 Å². The quantitative estimate of drug-likeness (QED) is 0.588. The van der Waals surface area contributed by atoms with Crippen molar-refractivity contribution in [3.8, 4) is 0 Å². The van der Waals surface area contributed by atoms with Crippen molar-refractivity contribution >= 4 is 52.0 Å². The molecule has 2 aromatic carbocycles. The van der Waals surface area contributed by atoms with Gasteiger partial charge in [0.15, 0.2) is 10.9 Å². The average molecular weight is 391 g/mol. The molecule has 128 valence electrons. The first-order valence-electron chi connectivity index (χ1n) is 7.63. The van der Waals surface area contributed by atoms with Crippen LogP contribution in [-0.2, 0) is 6.54 Å². The van der Waals surface area contributed by atoms with Crippen LogP contribution in [0.3, 0.4) is 0 Å². The summed E-state index contributed by atoms with van der Waals surface area (Å²) < 4.78 is 1.93. The van der Waals surface area contributed by atoms with Gasteiger partial charge in [0.1, 0.15) is 0 Å². The molecule has 3 rings (SSSR count). The molecule has 0 aliphatic carbocycles. The molecule has 2 N–H and O–H groups in total. The lowest BCUT2D eigenvalue weighted by molar-refractivity contribution is 0.668. The Bertz CT molecular complexity index is 893. The second-order valence-electron chi connectivity index (χ2n) is 5.52. The molecule has 1 aromatic heterocycles. The van der Waals surface area contributed by atoms with Gasteiger partial charge in [-0.05, 0) is 42.9 Å². The lowest BCUT2D eigenvalue weighted by Crippen LogP contribution is -2.19. The maximum atomic E-state index is 6.14. The molecule has 0 amide bonds. The Kier molecular flexibility index (Phi) is 5.58. The van der Waals surface area contributed by atoms with Crippen LogP contribution < -0.4 is 10.6 Å². The van der Waals surface area contributed by atoms with Crippen LogP contribution in [0.5, 0.6) is 0 Å². The topological polar surface area (TPSA) is 41.9 Å². The number of benzene rings is 2. The Morgan fingerprint density at radius 3 is 2.56 bits per heavy atom. The predicted molar refractivity (Wildman–Crippen MR) is 109 cm³/mol. The van der Waals surface area contributed by atoms with E-state index in [-0.39, 0.29) is 0 Å². The summed E-state index contributed by atoms with van der Waals surface area (Å²) in [5.41, 5.74) is 2.91. The van der Waals surface area contributed by atoms with E-state index in [1.165, 1.54) is 5.56 Å². The molecule has 0 bridgehead atoms. The van der Waals surface area contributed by atoms with Crippen molar-refractivity contribution in [1.29, 1.82) is 0 Å². The molecule has 0 saturated heterocycles. The zero-order valence-electron chi connectivity index (χ0n) is 13.5. The minimum absolute atomic E-state index is 0.411. The number of halogens is 2. The highest BCUT2D eigenvalue weighted by atomic mass is 35.5. The summed E-state index contributed by atoms with van der Waals surface area (Å²) in [7, 11) is 0. The summed E-state index contributed by atoms with van der Waals surface area (Å²) in [6.45, 7) is 2.71. The Labute approximate surface area is 161 Å². The van der Waals surface area contributed by atoms with Crippen LogP contribution in [0.4, 0.5) is 11.5 Å². The predicted octanol–water partition coefficient (Wildman–Crippen LogP) is 5.36. The number of hydrogen-bond acceptors (Lipinski definition) is 2.